The lowest BCUT2D eigenvalue weighted by Crippen LogP contribution is -2.34. The maximum Gasteiger partial charge on any atom is 0.106 e. The molecule has 1 aliphatic heterocycles. The first-order chi connectivity index (χ1) is 9.19. The Labute approximate surface area is 121 Å². The van der Waals surface area contributed by atoms with Gasteiger partial charge in [0.25, 0.3) is 0 Å². The predicted octanol–water partition coefficient (Wildman–Crippen LogP) is 2.43. The molecule has 2 N–H and O–H groups in total. The number of nitrogens with two attached hydrogens (primary N) is 1. The molecule has 0 saturated carbocycles. The lowest BCUT2D eigenvalue weighted by molar-refractivity contribution is 0.557. The SMILES string of the molecule is Cc1nc(CN)c2n1CCN(c1cccc(Br)c1)C2. The number of hydrogen-bond acceptors (Lipinski definition) is 3. The van der Waals surface area contributed by atoms with E-state index in [4.69, 9.17) is 5.73 Å². The van der Waals surface area contributed by atoms with Crippen molar-refractivity contribution in [3.05, 3.63) is 46.0 Å². The third-order valence-electron chi connectivity index (χ3n) is 3.65. The van der Waals surface area contributed by atoms with Crippen molar-refractivity contribution in [2.75, 3.05) is 11.4 Å². The molecule has 5 heteroatoms. The van der Waals surface area contributed by atoms with Crippen LogP contribution in [0.5, 0.6) is 0 Å². The number of rotatable bonds is 2. The van der Waals surface area contributed by atoms with Gasteiger partial charge in [-0.25, -0.2) is 4.98 Å². The van der Waals surface area contributed by atoms with E-state index in [2.05, 4.69) is 55.5 Å². The number of halogens is 1. The molecule has 4 nitrogen and oxygen atoms in total. The minimum absolute atomic E-state index is 0.509. The second-order valence-electron chi connectivity index (χ2n) is 4.81. The number of benzene rings is 1. The summed E-state index contributed by atoms with van der Waals surface area (Å²) >= 11 is 3.53. The fraction of sp³-hybridized carbons (Fsp3) is 0.357. The second kappa shape index (κ2) is 4.98. The number of aromatic nitrogens is 2. The summed E-state index contributed by atoms with van der Waals surface area (Å²) in [6, 6.07) is 8.42. The third-order valence-corrected chi connectivity index (χ3v) is 4.14. The zero-order valence-corrected chi connectivity index (χ0v) is 12.5. The van der Waals surface area contributed by atoms with Gasteiger partial charge in [-0.3, -0.25) is 0 Å². The summed E-state index contributed by atoms with van der Waals surface area (Å²) < 4.78 is 3.40. The van der Waals surface area contributed by atoms with Crippen LogP contribution in [0.1, 0.15) is 17.2 Å². The van der Waals surface area contributed by atoms with Crippen LogP contribution < -0.4 is 10.6 Å². The molecule has 100 valence electrons. The van der Waals surface area contributed by atoms with Crippen LogP contribution in [0.2, 0.25) is 0 Å². The van der Waals surface area contributed by atoms with Crippen LogP contribution in [-0.4, -0.2) is 16.1 Å². The fourth-order valence-corrected chi connectivity index (χ4v) is 3.07. The zero-order chi connectivity index (χ0) is 13.4. The van der Waals surface area contributed by atoms with E-state index in [9.17, 15) is 0 Å². The van der Waals surface area contributed by atoms with Gasteiger partial charge in [0, 0.05) is 29.8 Å². The van der Waals surface area contributed by atoms with Crippen molar-refractivity contribution in [2.24, 2.45) is 5.73 Å². The third kappa shape index (κ3) is 2.28. The van der Waals surface area contributed by atoms with Gasteiger partial charge in [0.2, 0.25) is 0 Å². The molecule has 19 heavy (non-hydrogen) atoms. The number of imidazole rings is 1. The van der Waals surface area contributed by atoms with E-state index in [1.54, 1.807) is 0 Å². The van der Waals surface area contributed by atoms with Gasteiger partial charge in [-0.15, -0.1) is 0 Å². The van der Waals surface area contributed by atoms with E-state index >= 15 is 0 Å². The standard InChI is InChI=1S/C14H17BrN4/c1-10-17-13(8-16)14-9-18(5-6-19(10)14)12-4-2-3-11(15)7-12/h2-4,7H,5-6,8-9,16H2,1H3. The number of nitrogens with zero attached hydrogens (tertiary/aromatic N) is 3. The topological polar surface area (TPSA) is 47.1 Å². The van der Waals surface area contributed by atoms with Gasteiger partial charge in [-0.2, -0.15) is 0 Å². The van der Waals surface area contributed by atoms with Gasteiger partial charge in [-0.05, 0) is 25.1 Å². The molecule has 3 rings (SSSR count). The van der Waals surface area contributed by atoms with Crippen molar-refractivity contribution in [1.29, 1.82) is 0 Å². The Balaban J connectivity index is 1.93. The lowest BCUT2D eigenvalue weighted by atomic mass is 10.2. The van der Waals surface area contributed by atoms with Crippen molar-refractivity contribution < 1.29 is 0 Å². The summed E-state index contributed by atoms with van der Waals surface area (Å²) in [5.74, 6) is 1.07. The van der Waals surface area contributed by atoms with Crippen LogP contribution in [0.15, 0.2) is 28.7 Å². The van der Waals surface area contributed by atoms with Crippen LogP contribution >= 0.6 is 15.9 Å². The normalized spacial score (nSPS) is 14.6. The number of anilines is 1. The Hall–Kier alpha value is -1.33. The molecule has 0 bridgehead atoms. The molecule has 0 unspecified atom stereocenters. The Kier molecular flexibility index (Phi) is 3.33. The molecule has 0 amide bonds. The predicted molar refractivity (Wildman–Crippen MR) is 80.0 cm³/mol. The van der Waals surface area contributed by atoms with Crippen LogP contribution in [0.4, 0.5) is 5.69 Å². The first-order valence-corrected chi connectivity index (χ1v) is 7.24. The van der Waals surface area contributed by atoms with Crippen LogP contribution in [0.25, 0.3) is 0 Å². The first kappa shape index (κ1) is 12.7. The van der Waals surface area contributed by atoms with Gasteiger partial charge in [0.1, 0.15) is 5.82 Å². The van der Waals surface area contributed by atoms with Gasteiger partial charge in [-0.1, -0.05) is 22.0 Å². The minimum Gasteiger partial charge on any atom is -0.364 e. The first-order valence-electron chi connectivity index (χ1n) is 6.44. The minimum atomic E-state index is 0.509. The highest BCUT2D eigenvalue weighted by atomic mass is 79.9. The van der Waals surface area contributed by atoms with Gasteiger partial charge >= 0.3 is 0 Å². The van der Waals surface area contributed by atoms with Crippen molar-refractivity contribution in [3.8, 4) is 0 Å². The van der Waals surface area contributed by atoms with E-state index in [0.29, 0.717) is 6.54 Å². The molecule has 0 fully saturated rings. The van der Waals surface area contributed by atoms with Gasteiger partial charge in [0.05, 0.1) is 17.9 Å². The largest absolute Gasteiger partial charge is 0.364 e. The summed E-state index contributed by atoms with van der Waals surface area (Å²) in [4.78, 5) is 6.93. The summed E-state index contributed by atoms with van der Waals surface area (Å²) in [5, 5.41) is 0. The molecule has 2 heterocycles. The fourth-order valence-electron chi connectivity index (χ4n) is 2.68. The van der Waals surface area contributed by atoms with Gasteiger partial charge in [0.15, 0.2) is 0 Å². The molecule has 2 aromatic rings. The molecule has 1 aromatic carbocycles. The smallest absolute Gasteiger partial charge is 0.106 e. The maximum atomic E-state index is 5.79. The highest BCUT2D eigenvalue weighted by Gasteiger charge is 2.22. The van der Waals surface area contributed by atoms with Gasteiger partial charge < -0.3 is 15.2 Å². The highest BCUT2D eigenvalue weighted by Crippen LogP contribution is 2.26. The van der Waals surface area contributed by atoms with Crippen molar-refractivity contribution in [2.45, 2.75) is 26.6 Å². The average molecular weight is 321 g/mol. The van der Waals surface area contributed by atoms with E-state index in [1.807, 2.05) is 6.07 Å². The molecular weight excluding hydrogens is 304 g/mol. The zero-order valence-electron chi connectivity index (χ0n) is 10.9. The molecule has 1 aromatic heterocycles. The average Bonchev–Trinajstić information content (AvgIpc) is 2.75. The summed E-state index contributed by atoms with van der Waals surface area (Å²) in [7, 11) is 0. The van der Waals surface area contributed by atoms with Crippen molar-refractivity contribution >= 4 is 21.6 Å². The Morgan fingerprint density at radius 1 is 1.37 bits per heavy atom. The molecule has 1 aliphatic rings. The van der Waals surface area contributed by atoms with Crippen molar-refractivity contribution in [1.82, 2.24) is 9.55 Å². The van der Waals surface area contributed by atoms with E-state index < -0.39 is 0 Å². The highest BCUT2D eigenvalue weighted by molar-refractivity contribution is 9.10. The molecule has 0 atom stereocenters. The second-order valence-corrected chi connectivity index (χ2v) is 5.73. The van der Waals surface area contributed by atoms with E-state index in [0.717, 1.165) is 35.6 Å². The van der Waals surface area contributed by atoms with Crippen molar-refractivity contribution in [3.63, 3.8) is 0 Å². The number of fused-ring (bicyclic) bond motifs is 1. The molecule has 0 radical (unpaired) electrons. The Morgan fingerprint density at radius 3 is 2.95 bits per heavy atom. The van der Waals surface area contributed by atoms with E-state index in [1.165, 1.54) is 11.4 Å². The molecule has 0 spiro atoms. The van der Waals surface area contributed by atoms with Crippen LogP contribution in [0.3, 0.4) is 0 Å². The molecule has 0 aliphatic carbocycles. The number of aryl methyl sites for hydroxylation is 1. The number of hydrogen-bond donors (Lipinski definition) is 1. The summed E-state index contributed by atoms with van der Waals surface area (Å²) in [6.07, 6.45) is 0. The summed E-state index contributed by atoms with van der Waals surface area (Å²) in [6.45, 7) is 5.42. The monoisotopic (exact) mass is 320 g/mol. The maximum absolute atomic E-state index is 5.79. The van der Waals surface area contributed by atoms with E-state index in [-0.39, 0.29) is 0 Å². The lowest BCUT2D eigenvalue weighted by Gasteiger charge is -2.31. The summed E-state index contributed by atoms with van der Waals surface area (Å²) in [5.41, 5.74) is 9.31. The van der Waals surface area contributed by atoms with Crippen LogP contribution in [-0.2, 0) is 19.6 Å². The molecule has 0 saturated heterocycles. The molecular formula is C14H17BrN4. The van der Waals surface area contributed by atoms with Crippen LogP contribution in [0, 0.1) is 6.92 Å². The Morgan fingerprint density at radius 2 is 2.21 bits per heavy atom. The Bertz CT molecular complexity index is 605. The quantitative estimate of drug-likeness (QED) is 0.924.